The summed E-state index contributed by atoms with van der Waals surface area (Å²) in [6.45, 7) is 3.26. The molecule has 0 unspecified atom stereocenters. The molecular formula is C32H28CrN8Na3O10S2+3. The van der Waals surface area contributed by atoms with E-state index in [2.05, 4.69) is 30.7 Å². The van der Waals surface area contributed by atoms with Gasteiger partial charge in [-0.05, 0) is 62.4 Å². The van der Waals surface area contributed by atoms with Crippen molar-refractivity contribution in [2.75, 3.05) is 0 Å². The van der Waals surface area contributed by atoms with E-state index in [0.717, 1.165) is 30.3 Å². The van der Waals surface area contributed by atoms with Crippen molar-refractivity contribution >= 4 is 43.0 Å². The summed E-state index contributed by atoms with van der Waals surface area (Å²) in [4.78, 5) is 24.1. The van der Waals surface area contributed by atoms with Gasteiger partial charge in [0.25, 0.3) is 37.1 Å². The molecule has 4 aromatic carbocycles. The number of aromatic nitrogens is 4. The molecule has 0 spiro atoms. The molecule has 0 aliphatic heterocycles. The quantitative estimate of drug-likeness (QED) is 0.0499. The molecule has 274 valence electrons. The van der Waals surface area contributed by atoms with Gasteiger partial charge in [0.1, 0.15) is 0 Å². The third kappa shape index (κ3) is 12.5. The van der Waals surface area contributed by atoms with Crippen LogP contribution in [-0.4, -0.2) is 50.6 Å². The monoisotopic (exact) mass is 869 g/mol. The molecule has 0 saturated heterocycles. The van der Waals surface area contributed by atoms with Crippen LogP contribution in [-0.2, 0) is 37.6 Å². The smallest absolute Gasteiger partial charge is 0.871 e. The maximum atomic E-state index is 12.5. The number of H-pyrrole nitrogens is 2. The molecule has 0 aliphatic rings. The van der Waals surface area contributed by atoms with Crippen molar-refractivity contribution in [1.82, 2.24) is 19.6 Å². The number of nitrogens with one attached hydrogen (secondary N) is 2. The number of aryl methyl sites for hydroxylation is 2. The average Bonchev–Trinajstić information content (AvgIpc) is 3.56. The van der Waals surface area contributed by atoms with E-state index >= 15 is 0 Å². The molecule has 0 radical (unpaired) electrons. The average molecular weight is 870 g/mol. The summed E-state index contributed by atoms with van der Waals surface area (Å²) in [6, 6.07) is 23.7. The first-order valence-electron chi connectivity index (χ1n) is 14.7. The molecule has 0 aliphatic carbocycles. The Kier molecular flexibility index (Phi) is 19.8. The SMILES string of the molecule is Cc1[nH]n(-c2ccccc2)c(=O)c1N=Nc1cc(S(=O)(=O)O)ccc1[O-].Cc1[nH]n(-c2ccccc2)c(=O)c1N=Nc1cc(S(=O)(=O)O)ccc1[OH2+].[Cr].[Na+].[Na+].[Na+]. The minimum Gasteiger partial charge on any atom is -0.871 e. The summed E-state index contributed by atoms with van der Waals surface area (Å²) < 4.78 is 65.4. The standard InChI is InChI=1S/2C16H14N4O5S.Cr.3Na/c2*1-10-15(16(22)20(19-10)11-5-3-2-4-6-11)18-17-13-9-12(26(23,24)25)7-8-14(13)21;;;;/h2*2-9,19,21H,1H3,(H,23,24,25);;;;/q;;;3*+1. The van der Waals surface area contributed by atoms with Crippen LogP contribution < -0.4 is 105 Å². The minimum absolute atomic E-state index is 0. The van der Waals surface area contributed by atoms with Crippen molar-refractivity contribution in [3.8, 4) is 22.9 Å². The van der Waals surface area contributed by atoms with Crippen LogP contribution in [0.25, 0.3) is 11.4 Å². The zero-order valence-electron chi connectivity index (χ0n) is 30.4. The number of azo groups is 2. The summed E-state index contributed by atoms with van der Waals surface area (Å²) in [6.07, 6.45) is 0. The molecule has 18 nitrogen and oxygen atoms in total. The summed E-state index contributed by atoms with van der Waals surface area (Å²) in [5, 5.41) is 40.4. The first-order chi connectivity index (χ1) is 24.5. The van der Waals surface area contributed by atoms with E-state index in [0.29, 0.717) is 22.8 Å². The number of para-hydroxylation sites is 2. The Bertz CT molecular complexity index is 2500. The van der Waals surface area contributed by atoms with Gasteiger partial charge in [0.2, 0.25) is 0 Å². The summed E-state index contributed by atoms with van der Waals surface area (Å²) >= 11 is 0. The predicted molar refractivity (Wildman–Crippen MR) is 186 cm³/mol. The van der Waals surface area contributed by atoms with Gasteiger partial charge in [0.05, 0.1) is 38.2 Å². The van der Waals surface area contributed by atoms with Gasteiger partial charge in [-0.3, -0.25) is 28.9 Å². The molecule has 56 heavy (non-hydrogen) atoms. The minimum atomic E-state index is -4.49. The zero-order chi connectivity index (χ0) is 37.8. The molecule has 2 aromatic heterocycles. The topological polar surface area (TPSA) is 280 Å². The normalized spacial score (nSPS) is 11.1. The molecular weight excluding hydrogens is 841 g/mol. The number of aromatic amines is 2. The molecule has 0 fully saturated rings. The molecule has 6 rings (SSSR count). The van der Waals surface area contributed by atoms with Gasteiger partial charge in [-0.25, -0.2) is 9.36 Å². The van der Waals surface area contributed by atoms with Crippen LogP contribution in [0.1, 0.15) is 11.4 Å². The van der Waals surface area contributed by atoms with Crippen molar-refractivity contribution in [2.24, 2.45) is 20.5 Å². The van der Waals surface area contributed by atoms with Crippen LogP contribution in [0.15, 0.2) is 137 Å². The van der Waals surface area contributed by atoms with Crippen LogP contribution in [0, 0.1) is 13.8 Å². The third-order valence-electron chi connectivity index (χ3n) is 7.12. The molecule has 0 bridgehead atoms. The Morgan fingerprint density at radius 2 is 0.982 bits per heavy atom. The Morgan fingerprint density at radius 3 is 1.39 bits per heavy atom. The maximum absolute atomic E-state index is 12.5. The van der Waals surface area contributed by atoms with Crippen LogP contribution in [0.4, 0.5) is 22.7 Å². The van der Waals surface area contributed by atoms with Gasteiger partial charge in [-0.2, -0.15) is 21.9 Å². The van der Waals surface area contributed by atoms with Crippen molar-refractivity contribution in [3.05, 3.63) is 129 Å². The van der Waals surface area contributed by atoms with Gasteiger partial charge in [-0.1, -0.05) is 48.2 Å². The molecule has 6 aromatic rings. The van der Waals surface area contributed by atoms with Gasteiger partial charge >= 0.3 is 88.7 Å². The van der Waals surface area contributed by atoms with E-state index in [4.69, 9.17) is 14.2 Å². The van der Waals surface area contributed by atoms with E-state index in [1.54, 1.807) is 62.4 Å². The van der Waals surface area contributed by atoms with Gasteiger partial charge in [0, 0.05) is 23.4 Å². The fraction of sp³-hybridized carbons (Fsp3) is 0.0625. The van der Waals surface area contributed by atoms with E-state index < -0.39 is 46.9 Å². The van der Waals surface area contributed by atoms with E-state index in [-0.39, 0.29) is 135 Å². The number of hydrogen-bond donors (Lipinski definition) is 4. The van der Waals surface area contributed by atoms with Gasteiger partial charge in [-0.15, -0.1) is 15.3 Å². The maximum Gasteiger partial charge on any atom is 1.00 e. The van der Waals surface area contributed by atoms with Crippen LogP contribution >= 0.6 is 0 Å². The summed E-state index contributed by atoms with van der Waals surface area (Å²) in [5.41, 5.74) is 0.789. The second-order valence-corrected chi connectivity index (χ2v) is 13.6. The Hall–Kier alpha value is -2.95. The van der Waals surface area contributed by atoms with E-state index in [1.165, 1.54) is 15.4 Å². The first kappa shape index (κ1) is 51.1. The fourth-order valence-electron chi connectivity index (χ4n) is 4.53. The van der Waals surface area contributed by atoms with Crippen LogP contribution in [0.2, 0.25) is 0 Å². The molecule has 0 amide bonds. The van der Waals surface area contributed by atoms with Crippen molar-refractivity contribution in [2.45, 2.75) is 23.6 Å². The molecule has 2 heterocycles. The molecule has 0 atom stereocenters. The number of hydrogen-bond acceptors (Lipinski definition) is 11. The second kappa shape index (κ2) is 21.7. The van der Waals surface area contributed by atoms with Crippen molar-refractivity contribution in [1.29, 1.82) is 0 Å². The van der Waals surface area contributed by atoms with Gasteiger partial charge in [0.15, 0.2) is 17.1 Å². The molecule has 0 saturated carbocycles. The van der Waals surface area contributed by atoms with Crippen molar-refractivity contribution < 1.29 is 142 Å². The van der Waals surface area contributed by atoms with Crippen LogP contribution in [0.3, 0.4) is 0 Å². The Balaban J connectivity index is 0.000000523. The van der Waals surface area contributed by atoms with Crippen LogP contribution in [0.5, 0.6) is 11.5 Å². The predicted octanol–water partition coefficient (Wildman–Crippen LogP) is -4.21. The van der Waals surface area contributed by atoms with Gasteiger partial charge < -0.3 is 10.2 Å². The third-order valence-corrected chi connectivity index (χ3v) is 8.82. The Labute approximate surface area is 396 Å². The first-order valence-corrected chi connectivity index (χ1v) is 17.6. The second-order valence-electron chi connectivity index (χ2n) is 10.8. The fourth-order valence-corrected chi connectivity index (χ4v) is 5.53. The summed E-state index contributed by atoms with van der Waals surface area (Å²) in [7, 11) is -8.92. The molecule has 24 heteroatoms. The largest absolute Gasteiger partial charge is 1.00 e. The Morgan fingerprint density at radius 1 is 0.607 bits per heavy atom. The van der Waals surface area contributed by atoms with Crippen molar-refractivity contribution in [3.63, 3.8) is 0 Å². The number of benzene rings is 4. The number of rotatable bonds is 8. The molecule has 6 N–H and O–H groups in total. The van der Waals surface area contributed by atoms with E-state index in [9.17, 15) is 31.5 Å². The zero-order valence-corrected chi connectivity index (χ0v) is 39.3. The van der Waals surface area contributed by atoms with E-state index in [1.807, 2.05) is 12.1 Å². The summed E-state index contributed by atoms with van der Waals surface area (Å²) in [5.74, 6) is -0.699. The number of nitrogens with zero attached hydrogens (tertiary/aromatic N) is 6.